The summed E-state index contributed by atoms with van der Waals surface area (Å²) in [6.45, 7) is 1.07. The monoisotopic (exact) mass is 330 g/mol. The summed E-state index contributed by atoms with van der Waals surface area (Å²) in [5.74, 6) is -0.160. The minimum atomic E-state index is -3.29. The van der Waals surface area contributed by atoms with Gasteiger partial charge in [-0.2, -0.15) is 0 Å². The number of fused-ring (bicyclic) bond motifs is 1. The Hall–Kier alpha value is -2.34. The number of hydrogen-bond acceptors (Lipinski definition) is 4. The second-order valence-electron chi connectivity index (χ2n) is 5.65. The molecule has 1 amide bonds. The van der Waals surface area contributed by atoms with Crippen molar-refractivity contribution >= 4 is 27.1 Å². The minimum absolute atomic E-state index is 0.160. The average Bonchev–Trinajstić information content (AvgIpc) is 2.90. The normalized spacial score (nSPS) is 13.7. The topological polar surface area (TPSA) is 66.5 Å². The molecule has 2 aromatic rings. The molecule has 0 fully saturated rings. The highest BCUT2D eigenvalue weighted by Gasteiger charge is 2.20. The molecule has 5 nitrogen and oxygen atoms in total. The van der Waals surface area contributed by atoms with E-state index in [1.165, 1.54) is 17.7 Å². The molecule has 0 spiro atoms. The van der Waals surface area contributed by atoms with Gasteiger partial charge < -0.3 is 10.2 Å². The van der Waals surface area contributed by atoms with Crippen molar-refractivity contribution in [3.8, 4) is 0 Å². The zero-order valence-electron chi connectivity index (χ0n) is 12.8. The highest BCUT2D eigenvalue weighted by Crippen LogP contribution is 2.27. The SMILES string of the molecule is CS(=O)(=O)c1cccc(NC(=O)CN2CCc3ccccc32)c1. The maximum Gasteiger partial charge on any atom is 0.243 e. The van der Waals surface area contributed by atoms with Gasteiger partial charge in [-0.1, -0.05) is 24.3 Å². The first-order valence-electron chi connectivity index (χ1n) is 7.36. The van der Waals surface area contributed by atoms with E-state index in [0.717, 1.165) is 24.9 Å². The summed E-state index contributed by atoms with van der Waals surface area (Å²) < 4.78 is 23.1. The molecule has 0 unspecified atom stereocenters. The van der Waals surface area contributed by atoms with Crippen molar-refractivity contribution in [1.82, 2.24) is 0 Å². The van der Waals surface area contributed by atoms with Gasteiger partial charge in [0.25, 0.3) is 0 Å². The lowest BCUT2D eigenvalue weighted by Crippen LogP contribution is -2.31. The van der Waals surface area contributed by atoms with E-state index in [9.17, 15) is 13.2 Å². The highest BCUT2D eigenvalue weighted by molar-refractivity contribution is 7.90. The summed E-state index contributed by atoms with van der Waals surface area (Å²) in [5, 5.41) is 2.77. The Balaban J connectivity index is 1.69. The van der Waals surface area contributed by atoms with Crippen molar-refractivity contribution in [3.05, 3.63) is 54.1 Å². The largest absolute Gasteiger partial charge is 0.362 e. The maximum absolute atomic E-state index is 12.2. The molecule has 1 aliphatic heterocycles. The van der Waals surface area contributed by atoms with E-state index < -0.39 is 9.84 Å². The second kappa shape index (κ2) is 6.04. The van der Waals surface area contributed by atoms with Crippen molar-refractivity contribution in [1.29, 1.82) is 0 Å². The standard InChI is InChI=1S/C17H18N2O3S/c1-23(21,22)15-7-4-6-14(11-15)18-17(20)12-19-10-9-13-5-2-3-8-16(13)19/h2-8,11H,9-10,12H2,1H3,(H,18,20). The van der Waals surface area contributed by atoms with E-state index in [2.05, 4.69) is 11.4 Å². The predicted octanol–water partition coefficient (Wildman–Crippen LogP) is 2.09. The molecule has 6 heteroatoms. The molecule has 0 saturated carbocycles. The third kappa shape index (κ3) is 3.53. The lowest BCUT2D eigenvalue weighted by molar-refractivity contribution is -0.115. The third-order valence-electron chi connectivity index (χ3n) is 3.86. The van der Waals surface area contributed by atoms with Crippen LogP contribution in [-0.2, 0) is 21.1 Å². The van der Waals surface area contributed by atoms with Crippen LogP contribution in [0.1, 0.15) is 5.56 Å². The summed E-state index contributed by atoms with van der Waals surface area (Å²) in [4.78, 5) is 14.5. The number of nitrogens with one attached hydrogen (secondary N) is 1. The number of para-hydroxylation sites is 1. The molecule has 1 aliphatic rings. The summed E-state index contributed by atoms with van der Waals surface area (Å²) in [6.07, 6.45) is 2.09. The van der Waals surface area contributed by atoms with Crippen LogP contribution in [0.4, 0.5) is 11.4 Å². The van der Waals surface area contributed by atoms with Gasteiger partial charge in [0, 0.05) is 24.2 Å². The molecule has 120 valence electrons. The molecular weight excluding hydrogens is 312 g/mol. The maximum atomic E-state index is 12.2. The molecule has 0 atom stereocenters. The molecule has 23 heavy (non-hydrogen) atoms. The zero-order valence-corrected chi connectivity index (χ0v) is 13.6. The number of benzene rings is 2. The van der Waals surface area contributed by atoms with Crippen molar-refractivity contribution < 1.29 is 13.2 Å². The first-order valence-corrected chi connectivity index (χ1v) is 9.25. The van der Waals surface area contributed by atoms with Crippen molar-refractivity contribution in [2.75, 3.05) is 29.6 Å². The summed E-state index contributed by atoms with van der Waals surface area (Å²) in [6, 6.07) is 14.3. The van der Waals surface area contributed by atoms with E-state index in [4.69, 9.17) is 0 Å². The lowest BCUT2D eigenvalue weighted by atomic mass is 10.2. The molecule has 2 aromatic carbocycles. The predicted molar refractivity (Wildman–Crippen MR) is 90.5 cm³/mol. The Morgan fingerprint density at radius 3 is 2.74 bits per heavy atom. The number of hydrogen-bond donors (Lipinski definition) is 1. The highest BCUT2D eigenvalue weighted by atomic mass is 32.2. The van der Waals surface area contributed by atoms with E-state index in [-0.39, 0.29) is 17.3 Å². The van der Waals surface area contributed by atoms with Crippen LogP contribution in [0, 0.1) is 0 Å². The molecule has 0 aromatic heterocycles. The molecule has 3 rings (SSSR count). The van der Waals surface area contributed by atoms with Crippen LogP contribution < -0.4 is 10.2 Å². The zero-order chi connectivity index (χ0) is 16.4. The second-order valence-corrected chi connectivity index (χ2v) is 7.66. The van der Waals surface area contributed by atoms with E-state index in [1.54, 1.807) is 12.1 Å². The van der Waals surface area contributed by atoms with Gasteiger partial charge in [-0.05, 0) is 36.2 Å². The van der Waals surface area contributed by atoms with Gasteiger partial charge in [-0.25, -0.2) is 8.42 Å². The Bertz CT molecular complexity index is 846. The van der Waals surface area contributed by atoms with E-state index in [1.807, 2.05) is 23.1 Å². The third-order valence-corrected chi connectivity index (χ3v) is 4.97. The summed E-state index contributed by atoms with van der Waals surface area (Å²) in [7, 11) is -3.29. The van der Waals surface area contributed by atoms with Gasteiger partial charge in [0.1, 0.15) is 0 Å². The molecule has 0 aliphatic carbocycles. The molecule has 0 saturated heterocycles. The van der Waals surface area contributed by atoms with Crippen LogP contribution >= 0.6 is 0 Å². The van der Waals surface area contributed by atoms with Crippen molar-refractivity contribution in [3.63, 3.8) is 0 Å². The van der Waals surface area contributed by atoms with E-state index >= 15 is 0 Å². The summed E-state index contributed by atoms with van der Waals surface area (Å²) in [5.41, 5.74) is 2.83. The number of sulfone groups is 1. The number of amides is 1. The Morgan fingerprint density at radius 2 is 1.96 bits per heavy atom. The van der Waals surface area contributed by atoms with Crippen LogP contribution in [0.3, 0.4) is 0 Å². The Labute approximate surface area is 135 Å². The van der Waals surface area contributed by atoms with E-state index in [0.29, 0.717) is 5.69 Å². The Kier molecular flexibility index (Phi) is 4.09. The van der Waals surface area contributed by atoms with Crippen molar-refractivity contribution in [2.24, 2.45) is 0 Å². The first-order chi connectivity index (χ1) is 10.9. The molecular formula is C17H18N2O3S. The van der Waals surface area contributed by atoms with Gasteiger partial charge in [0.15, 0.2) is 9.84 Å². The van der Waals surface area contributed by atoms with Gasteiger partial charge in [-0.3, -0.25) is 4.79 Å². The number of carbonyl (C=O) groups is 1. The fourth-order valence-electron chi connectivity index (χ4n) is 2.75. The van der Waals surface area contributed by atoms with Gasteiger partial charge >= 0.3 is 0 Å². The molecule has 1 N–H and O–H groups in total. The van der Waals surface area contributed by atoms with Gasteiger partial charge in [0.2, 0.25) is 5.91 Å². The minimum Gasteiger partial charge on any atom is -0.362 e. The lowest BCUT2D eigenvalue weighted by Gasteiger charge is -2.18. The Morgan fingerprint density at radius 1 is 1.17 bits per heavy atom. The van der Waals surface area contributed by atoms with Gasteiger partial charge in [0.05, 0.1) is 11.4 Å². The molecule has 0 radical (unpaired) electrons. The van der Waals surface area contributed by atoms with Crippen LogP contribution in [0.2, 0.25) is 0 Å². The fraction of sp³-hybridized carbons (Fsp3) is 0.235. The number of nitrogens with zero attached hydrogens (tertiary/aromatic N) is 1. The smallest absolute Gasteiger partial charge is 0.243 e. The fourth-order valence-corrected chi connectivity index (χ4v) is 3.42. The van der Waals surface area contributed by atoms with Gasteiger partial charge in [-0.15, -0.1) is 0 Å². The van der Waals surface area contributed by atoms with Crippen LogP contribution in [0.5, 0.6) is 0 Å². The molecule has 0 bridgehead atoms. The first kappa shape index (κ1) is 15.6. The van der Waals surface area contributed by atoms with Crippen molar-refractivity contribution in [2.45, 2.75) is 11.3 Å². The van der Waals surface area contributed by atoms with Crippen LogP contribution in [-0.4, -0.2) is 33.7 Å². The average molecular weight is 330 g/mol. The quantitative estimate of drug-likeness (QED) is 0.932. The summed E-state index contributed by atoms with van der Waals surface area (Å²) >= 11 is 0. The number of anilines is 2. The number of rotatable bonds is 4. The molecule has 1 heterocycles. The van der Waals surface area contributed by atoms with Crippen LogP contribution in [0.15, 0.2) is 53.4 Å². The van der Waals surface area contributed by atoms with Crippen LogP contribution in [0.25, 0.3) is 0 Å². The number of carbonyl (C=O) groups excluding carboxylic acids is 1.